The number of hydrogen-bond donors (Lipinski definition) is 1. The summed E-state index contributed by atoms with van der Waals surface area (Å²) in [5, 5.41) is 10.6. The van der Waals surface area contributed by atoms with Gasteiger partial charge < -0.3 is 9.84 Å². The fourth-order valence-electron chi connectivity index (χ4n) is 1.05. The Morgan fingerprint density at radius 2 is 2.36 bits per heavy atom. The molecule has 1 aliphatic heterocycles. The van der Waals surface area contributed by atoms with Crippen molar-refractivity contribution >= 4 is 23.4 Å². The molecule has 0 atom stereocenters. The Labute approximate surface area is 90.7 Å². The van der Waals surface area contributed by atoms with Gasteiger partial charge in [0.05, 0.1) is 25.1 Å². The Morgan fingerprint density at radius 3 is 2.93 bits per heavy atom. The average molecular weight is 233 g/mol. The summed E-state index contributed by atoms with van der Waals surface area (Å²) >= 11 is 7.39. The van der Waals surface area contributed by atoms with Crippen LogP contribution in [0, 0.1) is 0 Å². The number of aliphatic hydroxyl groups excluding tert-OH is 1. The van der Waals surface area contributed by atoms with Crippen LogP contribution in [0.1, 0.15) is 5.56 Å². The van der Waals surface area contributed by atoms with Gasteiger partial charge in [0, 0.05) is 5.56 Å². The number of rotatable bonds is 3. The Balaban J connectivity index is 2.17. The first-order chi connectivity index (χ1) is 6.81. The van der Waals surface area contributed by atoms with Crippen molar-refractivity contribution in [2.75, 3.05) is 13.2 Å². The van der Waals surface area contributed by atoms with Crippen molar-refractivity contribution in [1.82, 2.24) is 9.97 Å². The van der Waals surface area contributed by atoms with E-state index in [1.165, 1.54) is 6.33 Å². The summed E-state index contributed by atoms with van der Waals surface area (Å²) in [5.74, 6) is 0. The molecule has 6 heteroatoms. The highest BCUT2D eigenvalue weighted by Crippen LogP contribution is 2.30. The van der Waals surface area contributed by atoms with Crippen LogP contribution in [0.4, 0.5) is 0 Å². The molecule has 2 heterocycles. The molecule has 14 heavy (non-hydrogen) atoms. The lowest BCUT2D eigenvalue weighted by Crippen LogP contribution is -2.30. The predicted molar refractivity (Wildman–Crippen MR) is 53.4 cm³/mol. The maximum atomic E-state index is 9.09. The van der Waals surface area contributed by atoms with Gasteiger partial charge in [-0.1, -0.05) is 23.4 Å². The fraction of sp³-hybridized carbons (Fsp3) is 0.500. The molecule has 1 saturated heterocycles. The van der Waals surface area contributed by atoms with Crippen LogP contribution in [0.5, 0.6) is 0 Å². The third kappa shape index (κ3) is 2.00. The molecule has 4 nitrogen and oxygen atoms in total. The second-order valence-electron chi connectivity index (χ2n) is 2.88. The van der Waals surface area contributed by atoms with E-state index in [0.717, 1.165) is 18.2 Å². The molecule has 0 bridgehead atoms. The first-order valence-corrected chi connectivity index (χ1v) is 5.41. The summed E-state index contributed by atoms with van der Waals surface area (Å²) in [6, 6.07) is 0. The second kappa shape index (κ2) is 4.44. The average Bonchev–Trinajstić information content (AvgIpc) is 2.11. The summed E-state index contributed by atoms with van der Waals surface area (Å²) in [7, 11) is 0. The molecule has 1 aromatic rings. The van der Waals surface area contributed by atoms with Gasteiger partial charge in [0.1, 0.15) is 16.5 Å². The SMILES string of the molecule is OCc1c(Cl)ncnc1SC1COC1. The Bertz CT molecular complexity index is 333. The zero-order valence-electron chi connectivity index (χ0n) is 7.31. The lowest BCUT2D eigenvalue weighted by Gasteiger charge is -2.25. The van der Waals surface area contributed by atoms with Crippen molar-refractivity contribution in [3.63, 3.8) is 0 Å². The zero-order chi connectivity index (χ0) is 9.97. The van der Waals surface area contributed by atoms with Gasteiger partial charge in [-0.2, -0.15) is 0 Å². The zero-order valence-corrected chi connectivity index (χ0v) is 8.88. The maximum absolute atomic E-state index is 9.09. The molecule has 0 amide bonds. The van der Waals surface area contributed by atoms with Gasteiger partial charge in [0.15, 0.2) is 0 Å². The Morgan fingerprint density at radius 1 is 1.57 bits per heavy atom. The third-order valence-electron chi connectivity index (χ3n) is 1.90. The van der Waals surface area contributed by atoms with E-state index in [4.69, 9.17) is 21.4 Å². The van der Waals surface area contributed by atoms with E-state index in [9.17, 15) is 0 Å². The number of thioether (sulfide) groups is 1. The standard InChI is InChI=1S/C8H9ClN2O2S/c9-7-6(1-12)8(11-4-10-7)14-5-2-13-3-5/h4-5,12H,1-3H2. The molecule has 0 aliphatic carbocycles. The van der Waals surface area contributed by atoms with E-state index >= 15 is 0 Å². The molecule has 1 aliphatic rings. The maximum Gasteiger partial charge on any atom is 0.139 e. The van der Waals surface area contributed by atoms with E-state index in [-0.39, 0.29) is 6.61 Å². The number of aliphatic hydroxyl groups is 1. The highest BCUT2D eigenvalue weighted by Gasteiger charge is 2.22. The number of nitrogens with zero attached hydrogens (tertiary/aromatic N) is 2. The van der Waals surface area contributed by atoms with Gasteiger partial charge in [-0.15, -0.1) is 0 Å². The van der Waals surface area contributed by atoms with E-state index in [1.54, 1.807) is 11.8 Å². The fourth-order valence-corrected chi connectivity index (χ4v) is 2.36. The van der Waals surface area contributed by atoms with Gasteiger partial charge in [0.25, 0.3) is 0 Å². The smallest absolute Gasteiger partial charge is 0.139 e. The van der Waals surface area contributed by atoms with Crippen molar-refractivity contribution in [2.24, 2.45) is 0 Å². The second-order valence-corrected chi connectivity index (χ2v) is 4.53. The minimum Gasteiger partial charge on any atom is -0.391 e. The van der Waals surface area contributed by atoms with Crippen molar-refractivity contribution in [3.8, 4) is 0 Å². The number of halogens is 1. The molecular weight excluding hydrogens is 224 g/mol. The van der Waals surface area contributed by atoms with E-state index in [0.29, 0.717) is 16.0 Å². The molecule has 1 fully saturated rings. The molecule has 0 unspecified atom stereocenters. The quantitative estimate of drug-likeness (QED) is 0.792. The minimum atomic E-state index is -0.129. The van der Waals surface area contributed by atoms with Crippen LogP contribution in [-0.4, -0.2) is 33.5 Å². The van der Waals surface area contributed by atoms with Gasteiger partial charge in [-0.05, 0) is 0 Å². The molecule has 0 aromatic carbocycles. The minimum absolute atomic E-state index is 0.129. The van der Waals surface area contributed by atoms with Crippen molar-refractivity contribution < 1.29 is 9.84 Å². The lowest BCUT2D eigenvalue weighted by atomic mass is 10.4. The third-order valence-corrected chi connectivity index (χ3v) is 3.40. The summed E-state index contributed by atoms with van der Waals surface area (Å²) in [6.45, 7) is 1.34. The van der Waals surface area contributed by atoms with Crippen LogP contribution < -0.4 is 0 Å². The van der Waals surface area contributed by atoms with E-state index < -0.39 is 0 Å². The molecular formula is C8H9ClN2O2S. The molecule has 2 rings (SSSR count). The summed E-state index contributed by atoms with van der Waals surface area (Å²) in [6.07, 6.45) is 1.41. The molecule has 0 saturated carbocycles. The topological polar surface area (TPSA) is 55.2 Å². The van der Waals surface area contributed by atoms with Gasteiger partial charge in [-0.3, -0.25) is 0 Å². The van der Waals surface area contributed by atoms with Crippen LogP contribution in [0.15, 0.2) is 11.4 Å². The summed E-state index contributed by atoms with van der Waals surface area (Å²) < 4.78 is 5.05. The molecule has 1 aromatic heterocycles. The largest absolute Gasteiger partial charge is 0.391 e. The van der Waals surface area contributed by atoms with Gasteiger partial charge in [-0.25, -0.2) is 9.97 Å². The molecule has 1 N–H and O–H groups in total. The highest BCUT2D eigenvalue weighted by molar-refractivity contribution is 8.00. The first kappa shape index (κ1) is 10.2. The van der Waals surface area contributed by atoms with E-state index in [2.05, 4.69) is 9.97 Å². The van der Waals surface area contributed by atoms with E-state index in [1.807, 2.05) is 0 Å². The highest BCUT2D eigenvalue weighted by atomic mass is 35.5. The van der Waals surface area contributed by atoms with Crippen LogP contribution in [0.2, 0.25) is 5.15 Å². The van der Waals surface area contributed by atoms with Crippen LogP contribution >= 0.6 is 23.4 Å². The molecule has 0 radical (unpaired) electrons. The number of hydrogen-bond acceptors (Lipinski definition) is 5. The van der Waals surface area contributed by atoms with Gasteiger partial charge >= 0.3 is 0 Å². The van der Waals surface area contributed by atoms with Crippen molar-refractivity contribution in [1.29, 1.82) is 0 Å². The Hall–Kier alpha value is -0.360. The first-order valence-electron chi connectivity index (χ1n) is 4.16. The molecule has 0 spiro atoms. The van der Waals surface area contributed by atoms with Crippen LogP contribution in [-0.2, 0) is 11.3 Å². The monoisotopic (exact) mass is 232 g/mol. The molecule has 76 valence electrons. The van der Waals surface area contributed by atoms with Crippen LogP contribution in [0.3, 0.4) is 0 Å². The summed E-state index contributed by atoms with van der Waals surface area (Å²) in [5.41, 5.74) is 0.603. The number of aromatic nitrogens is 2. The number of ether oxygens (including phenoxy) is 1. The van der Waals surface area contributed by atoms with Crippen molar-refractivity contribution in [3.05, 3.63) is 17.0 Å². The Kier molecular flexibility index (Phi) is 3.22. The normalized spacial score (nSPS) is 16.7. The van der Waals surface area contributed by atoms with Crippen molar-refractivity contribution in [2.45, 2.75) is 16.9 Å². The lowest BCUT2D eigenvalue weighted by molar-refractivity contribution is 0.0454. The summed E-state index contributed by atoms with van der Waals surface area (Å²) in [4.78, 5) is 7.90. The predicted octanol–water partition coefficient (Wildman–Crippen LogP) is 1.11. The van der Waals surface area contributed by atoms with Crippen LogP contribution in [0.25, 0.3) is 0 Å². The van der Waals surface area contributed by atoms with Gasteiger partial charge in [0.2, 0.25) is 0 Å².